The van der Waals surface area contributed by atoms with Crippen molar-refractivity contribution in [3.63, 3.8) is 0 Å². The number of hydrazone groups is 1. The molecule has 166 valence electrons. The minimum atomic E-state index is -3.54. The lowest BCUT2D eigenvalue weighted by molar-refractivity contribution is 0.0955. The lowest BCUT2D eigenvalue weighted by Crippen LogP contribution is -2.29. The Balaban J connectivity index is 1.74. The molecule has 3 aromatic rings. The summed E-state index contributed by atoms with van der Waals surface area (Å²) >= 11 is 8.13. The van der Waals surface area contributed by atoms with Gasteiger partial charge in [-0.3, -0.25) is 9.10 Å². The van der Waals surface area contributed by atoms with Crippen molar-refractivity contribution in [1.29, 1.82) is 0 Å². The van der Waals surface area contributed by atoms with E-state index >= 15 is 0 Å². The molecule has 0 spiro atoms. The number of benzene rings is 3. The van der Waals surface area contributed by atoms with Gasteiger partial charge in [-0.1, -0.05) is 35.9 Å². The third-order valence-corrected chi connectivity index (χ3v) is 6.76. The maximum absolute atomic E-state index is 12.5. The highest BCUT2D eigenvalue weighted by atomic mass is 127. The maximum Gasteiger partial charge on any atom is 0.271 e. The number of hydrogen-bond acceptors (Lipinski definition) is 4. The Morgan fingerprint density at radius 3 is 2.09 bits per heavy atom. The number of nitrogens with one attached hydrogen (secondary N) is 1. The summed E-state index contributed by atoms with van der Waals surface area (Å²) in [7, 11) is -3.54. The number of amides is 1. The van der Waals surface area contributed by atoms with Gasteiger partial charge in [-0.05, 0) is 89.2 Å². The van der Waals surface area contributed by atoms with E-state index in [-0.39, 0.29) is 12.5 Å². The van der Waals surface area contributed by atoms with Crippen molar-refractivity contribution in [3.8, 4) is 0 Å². The molecule has 0 unspecified atom stereocenters. The second-order valence-corrected chi connectivity index (χ2v) is 10.7. The molecular weight excluding hydrogens is 561 g/mol. The number of sulfonamides is 1. The molecule has 0 radical (unpaired) electrons. The van der Waals surface area contributed by atoms with Crippen molar-refractivity contribution >= 4 is 61.5 Å². The first-order chi connectivity index (χ1) is 15.1. The number of carbonyl (C=O) groups excluding carboxylic acids is 1. The van der Waals surface area contributed by atoms with Gasteiger partial charge in [-0.15, -0.1) is 0 Å². The monoisotopic (exact) mass is 581 g/mol. The Hall–Kier alpha value is -2.43. The van der Waals surface area contributed by atoms with E-state index in [2.05, 4.69) is 33.1 Å². The summed E-state index contributed by atoms with van der Waals surface area (Å²) < 4.78 is 27.1. The Morgan fingerprint density at radius 2 is 1.53 bits per heavy atom. The van der Waals surface area contributed by atoms with Crippen molar-refractivity contribution in [3.05, 3.63) is 98.1 Å². The predicted octanol–water partition coefficient (Wildman–Crippen LogP) is 5.06. The van der Waals surface area contributed by atoms with Gasteiger partial charge in [-0.25, -0.2) is 13.8 Å². The summed E-state index contributed by atoms with van der Waals surface area (Å²) in [6.07, 6.45) is 1.14. The van der Waals surface area contributed by atoms with Gasteiger partial charge in [-0.2, -0.15) is 5.10 Å². The van der Waals surface area contributed by atoms with Crippen LogP contribution in [0.15, 0.2) is 77.9 Å². The standard InChI is InChI=1S/C23H21ClIN3O3S/c1-16(18-5-11-21(25)12-6-18)26-27-23(29)19-7-13-22(14-8-19)28(32(2,30)31)15-17-3-9-20(24)10-4-17/h3-14H,15H2,1-2H3,(H,27,29)/b26-16-. The average molecular weight is 582 g/mol. The van der Waals surface area contributed by atoms with E-state index in [1.807, 2.05) is 31.2 Å². The van der Waals surface area contributed by atoms with Crippen molar-refractivity contribution in [1.82, 2.24) is 5.43 Å². The van der Waals surface area contributed by atoms with E-state index in [4.69, 9.17) is 11.6 Å². The zero-order valence-electron chi connectivity index (χ0n) is 17.4. The van der Waals surface area contributed by atoms with Crippen LogP contribution in [-0.4, -0.2) is 26.3 Å². The van der Waals surface area contributed by atoms with Crippen LogP contribution in [0.5, 0.6) is 0 Å². The van der Waals surface area contributed by atoms with E-state index < -0.39 is 10.0 Å². The van der Waals surface area contributed by atoms with E-state index in [1.54, 1.807) is 48.5 Å². The number of anilines is 1. The quantitative estimate of drug-likeness (QED) is 0.241. The molecule has 0 fully saturated rings. The molecular formula is C23H21ClIN3O3S. The van der Waals surface area contributed by atoms with Crippen molar-refractivity contribution in [2.45, 2.75) is 13.5 Å². The number of carbonyl (C=O) groups is 1. The summed E-state index contributed by atoms with van der Waals surface area (Å²) in [4.78, 5) is 12.5. The molecule has 0 atom stereocenters. The van der Waals surface area contributed by atoms with Crippen LogP contribution >= 0.6 is 34.2 Å². The molecule has 1 N–H and O–H groups in total. The third-order valence-electron chi connectivity index (χ3n) is 4.64. The van der Waals surface area contributed by atoms with Crippen molar-refractivity contribution in [2.24, 2.45) is 5.10 Å². The minimum Gasteiger partial charge on any atom is -0.267 e. The van der Waals surface area contributed by atoms with Crippen LogP contribution in [0.1, 0.15) is 28.4 Å². The molecule has 0 aliphatic rings. The van der Waals surface area contributed by atoms with Crippen LogP contribution in [0, 0.1) is 3.57 Å². The molecule has 3 rings (SSSR count). The number of rotatable bonds is 7. The summed E-state index contributed by atoms with van der Waals surface area (Å²) in [6, 6.07) is 21.1. The Morgan fingerprint density at radius 1 is 0.969 bits per heavy atom. The van der Waals surface area contributed by atoms with Gasteiger partial charge in [0.25, 0.3) is 5.91 Å². The number of nitrogens with zero attached hydrogens (tertiary/aromatic N) is 2. The van der Waals surface area contributed by atoms with Gasteiger partial charge in [0.1, 0.15) is 0 Å². The average Bonchev–Trinajstić information content (AvgIpc) is 2.76. The number of hydrogen-bond donors (Lipinski definition) is 1. The summed E-state index contributed by atoms with van der Waals surface area (Å²) in [5.74, 6) is -0.384. The lowest BCUT2D eigenvalue weighted by atomic mass is 10.1. The lowest BCUT2D eigenvalue weighted by Gasteiger charge is -2.22. The number of halogens is 2. The van der Waals surface area contributed by atoms with Crippen LogP contribution < -0.4 is 9.73 Å². The maximum atomic E-state index is 12.5. The van der Waals surface area contributed by atoms with Gasteiger partial charge in [0.05, 0.1) is 24.2 Å². The highest BCUT2D eigenvalue weighted by Crippen LogP contribution is 2.22. The summed E-state index contributed by atoms with van der Waals surface area (Å²) in [6.45, 7) is 1.97. The first-order valence-corrected chi connectivity index (χ1v) is 12.9. The van der Waals surface area contributed by atoms with Crippen molar-refractivity contribution in [2.75, 3.05) is 10.6 Å². The zero-order chi connectivity index (χ0) is 23.3. The predicted molar refractivity (Wildman–Crippen MR) is 138 cm³/mol. The molecule has 0 saturated heterocycles. The molecule has 0 aliphatic carbocycles. The van der Waals surface area contributed by atoms with Crippen LogP contribution in [0.25, 0.3) is 0 Å². The van der Waals surface area contributed by atoms with Gasteiger partial charge in [0, 0.05) is 14.2 Å². The largest absolute Gasteiger partial charge is 0.271 e. The van der Waals surface area contributed by atoms with Gasteiger partial charge >= 0.3 is 0 Å². The molecule has 32 heavy (non-hydrogen) atoms. The van der Waals surface area contributed by atoms with E-state index in [1.165, 1.54) is 4.31 Å². The molecule has 0 aromatic heterocycles. The fraction of sp³-hybridized carbons (Fsp3) is 0.130. The second kappa shape index (κ2) is 10.5. The van der Waals surface area contributed by atoms with E-state index in [0.29, 0.717) is 22.0 Å². The third kappa shape index (κ3) is 6.54. The van der Waals surface area contributed by atoms with Crippen LogP contribution in [0.2, 0.25) is 5.02 Å². The summed E-state index contributed by atoms with van der Waals surface area (Å²) in [5, 5.41) is 4.74. The van der Waals surface area contributed by atoms with Crippen LogP contribution in [0.4, 0.5) is 5.69 Å². The van der Waals surface area contributed by atoms with E-state index in [0.717, 1.165) is 21.0 Å². The molecule has 0 aliphatic heterocycles. The van der Waals surface area contributed by atoms with Crippen LogP contribution in [0.3, 0.4) is 0 Å². The Bertz CT molecular complexity index is 1230. The normalized spacial score (nSPS) is 11.8. The Labute approximate surface area is 206 Å². The highest BCUT2D eigenvalue weighted by Gasteiger charge is 2.18. The molecule has 0 heterocycles. The topological polar surface area (TPSA) is 78.8 Å². The van der Waals surface area contributed by atoms with Gasteiger partial charge in [0.15, 0.2) is 0 Å². The SMILES string of the molecule is C/C(=N/NC(=O)c1ccc(N(Cc2ccc(Cl)cc2)S(C)(=O)=O)cc1)c1ccc(I)cc1. The smallest absolute Gasteiger partial charge is 0.267 e. The Kier molecular flexibility index (Phi) is 7.91. The molecule has 3 aromatic carbocycles. The van der Waals surface area contributed by atoms with Gasteiger partial charge < -0.3 is 0 Å². The molecule has 1 amide bonds. The first-order valence-electron chi connectivity index (χ1n) is 9.56. The van der Waals surface area contributed by atoms with Crippen molar-refractivity contribution < 1.29 is 13.2 Å². The molecule has 9 heteroatoms. The zero-order valence-corrected chi connectivity index (χ0v) is 21.1. The fourth-order valence-corrected chi connectivity index (χ4v) is 4.26. The molecule has 0 saturated carbocycles. The van der Waals surface area contributed by atoms with Crippen LogP contribution in [-0.2, 0) is 16.6 Å². The molecule has 6 nitrogen and oxygen atoms in total. The van der Waals surface area contributed by atoms with E-state index in [9.17, 15) is 13.2 Å². The fourth-order valence-electron chi connectivity index (χ4n) is 2.89. The first kappa shape index (κ1) is 24.2. The minimum absolute atomic E-state index is 0.154. The highest BCUT2D eigenvalue weighted by molar-refractivity contribution is 14.1. The van der Waals surface area contributed by atoms with Gasteiger partial charge in [0.2, 0.25) is 10.0 Å². The molecule has 0 bridgehead atoms. The summed E-state index contributed by atoms with van der Waals surface area (Å²) in [5.41, 5.74) is 5.74. The second-order valence-electron chi connectivity index (χ2n) is 7.09.